The number of hydrogen-bond donors (Lipinski definition) is 0. The monoisotopic (exact) mass is 393 g/mol. The second kappa shape index (κ2) is 8.99. The van der Waals surface area contributed by atoms with Gasteiger partial charge in [0, 0.05) is 11.8 Å². The van der Waals surface area contributed by atoms with Crippen LogP contribution in [0.15, 0.2) is 108 Å². The highest BCUT2D eigenvalue weighted by atomic mass is 31.1. The van der Waals surface area contributed by atoms with Crippen molar-refractivity contribution < 1.29 is 0 Å². The third kappa shape index (κ3) is 4.70. The summed E-state index contributed by atoms with van der Waals surface area (Å²) in [7, 11) is -0.651. The summed E-state index contributed by atoms with van der Waals surface area (Å²) in [6, 6.07) is 36.7. The van der Waals surface area contributed by atoms with Crippen LogP contribution in [-0.4, -0.2) is 6.21 Å². The van der Waals surface area contributed by atoms with E-state index in [1.165, 1.54) is 32.6 Å². The Hall–Kier alpha value is -3.02. The average Bonchev–Trinajstić information content (AvgIpc) is 2.74. The second-order valence-corrected chi connectivity index (χ2v) is 9.35. The number of benzene rings is 4. The van der Waals surface area contributed by atoms with Crippen molar-refractivity contribution in [1.82, 2.24) is 0 Å². The molecule has 1 nitrogen and oxygen atoms in total. The van der Waals surface area contributed by atoms with Gasteiger partial charge in [-0.25, -0.2) is 0 Å². The van der Waals surface area contributed by atoms with Crippen LogP contribution in [0.25, 0.3) is 0 Å². The van der Waals surface area contributed by atoms with Crippen LogP contribution < -0.4 is 15.9 Å². The average molecular weight is 393 g/mol. The summed E-state index contributed by atoms with van der Waals surface area (Å²) >= 11 is 0. The van der Waals surface area contributed by atoms with Crippen LogP contribution >= 0.6 is 7.92 Å². The van der Waals surface area contributed by atoms with Gasteiger partial charge >= 0.3 is 0 Å². The van der Waals surface area contributed by atoms with Gasteiger partial charge in [0.2, 0.25) is 0 Å². The molecule has 142 valence electrons. The molecular formula is C27H24NP. The molecule has 0 aliphatic rings. The van der Waals surface area contributed by atoms with E-state index in [4.69, 9.17) is 4.99 Å². The fraction of sp³-hybridized carbons (Fsp3) is 0.0741. The Bertz CT molecular complexity index is 1060. The van der Waals surface area contributed by atoms with E-state index in [9.17, 15) is 0 Å². The van der Waals surface area contributed by atoms with Gasteiger partial charge in [0.1, 0.15) is 0 Å². The molecule has 0 saturated heterocycles. The van der Waals surface area contributed by atoms with Crippen LogP contribution in [-0.2, 0) is 0 Å². The lowest BCUT2D eigenvalue weighted by Gasteiger charge is -2.21. The fourth-order valence-electron chi connectivity index (χ4n) is 3.55. The summed E-state index contributed by atoms with van der Waals surface area (Å²) in [5.74, 6) is 0. The third-order valence-corrected chi connectivity index (χ3v) is 7.28. The van der Waals surface area contributed by atoms with Crippen molar-refractivity contribution in [3.63, 3.8) is 0 Å². The largest absolute Gasteiger partial charge is 0.256 e. The molecule has 0 N–H and O–H groups in total. The van der Waals surface area contributed by atoms with Crippen LogP contribution in [0.3, 0.4) is 0 Å². The maximum absolute atomic E-state index is 4.81. The molecule has 0 atom stereocenters. The van der Waals surface area contributed by atoms with Crippen LogP contribution in [0.4, 0.5) is 5.69 Å². The zero-order chi connectivity index (χ0) is 20.1. The molecule has 0 aromatic heterocycles. The highest BCUT2D eigenvalue weighted by Gasteiger charge is 2.18. The van der Waals surface area contributed by atoms with E-state index in [0.717, 1.165) is 5.69 Å². The molecule has 0 aliphatic carbocycles. The molecule has 0 heterocycles. The summed E-state index contributed by atoms with van der Waals surface area (Å²) in [5, 5.41) is 4.02. The summed E-state index contributed by atoms with van der Waals surface area (Å²) in [5.41, 5.74) is 4.65. The molecule has 0 fully saturated rings. The Labute approximate surface area is 174 Å². The van der Waals surface area contributed by atoms with Crippen LogP contribution in [0, 0.1) is 13.8 Å². The Morgan fingerprint density at radius 3 is 1.72 bits per heavy atom. The summed E-state index contributed by atoms with van der Waals surface area (Å²) < 4.78 is 0. The van der Waals surface area contributed by atoms with Crippen molar-refractivity contribution in [3.8, 4) is 0 Å². The molecule has 0 amide bonds. The highest BCUT2D eigenvalue weighted by Crippen LogP contribution is 2.33. The first-order valence-electron chi connectivity index (χ1n) is 9.82. The predicted molar refractivity (Wildman–Crippen MR) is 128 cm³/mol. The van der Waals surface area contributed by atoms with E-state index >= 15 is 0 Å². The quantitative estimate of drug-likeness (QED) is 0.300. The van der Waals surface area contributed by atoms with Crippen LogP contribution in [0.1, 0.15) is 16.7 Å². The van der Waals surface area contributed by atoms with Gasteiger partial charge in [-0.05, 0) is 60.9 Å². The van der Waals surface area contributed by atoms with E-state index in [1.807, 2.05) is 6.21 Å². The zero-order valence-corrected chi connectivity index (χ0v) is 17.7. The van der Waals surface area contributed by atoms with Gasteiger partial charge in [-0.15, -0.1) is 0 Å². The molecule has 29 heavy (non-hydrogen) atoms. The second-order valence-electron chi connectivity index (χ2n) is 7.17. The SMILES string of the molecule is Cc1cc(C)cc(N=Cc2ccccc2P(c2ccccc2)c2ccccc2)c1. The Kier molecular flexibility index (Phi) is 5.98. The van der Waals surface area contributed by atoms with Crippen molar-refractivity contribution in [3.05, 3.63) is 120 Å². The van der Waals surface area contributed by atoms with Crippen molar-refractivity contribution >= 4 is 35.7 Å². The van der Waals surface area contributed by atoms with Gasteiger partial charge in [-0.2, -0.15) is 0 Å². The van der Waals surface area contributed by atoms with Crippen molar-refractivity contribution in [2.45, 2.75) is 13.8 Å². The molecule has 4 rings (SSSR count). The van der Waals surface area contributed by atoms with Crippen LogP contribution in [0.2, 0.25) is 0 Å². The topological polar surface area (TPSA) is 12.4 Å². The first-order chi connectivity index (χ1) is 14.2. The summed E-state index contributed by atoms with van der Waals surface area (Å²) in [6.45, 7) is 4.23. The minimum atomic E-state index is -0.651. The number of rotatable bonds is 5. The normalized spacial score (nSPS) is 11.3. The lowest BCUT2D eigenvalue weighted by Crippen LogP contribution is -2.23. The van der Waals surface area contributed by atoms with Crippen LogP contribution in [0.5, 0.6) is 0 Å². The maximum Gasteiger partial charge on any atom is 0.0635 e. The van der Waals surface area contributed by atoms with E-state index in [0.29, 0.717) is 0 Å². The molecule has 2 heteroatoms. The number of aliphatic imine (C=N–C) groups is 1. The molecule has 0 aliphatic heterocycles. The number of aryl methyl sites for hydroxylation is 2. The number of nitrogens with zero attached hydrogens (tertiary/aromatic N) is 1. The van der Waals surface area contributed by atoms with Gasteiger partial charge in [-0.1, -0.05) is 91.0 Å². The minimum Gasteiger partial charge on any atom is -0.256 e. The lowest BCUT2D eigenvalue weighted by atomic mass is 10.1. The molecular weight excluding hydrogens is 369 g/mol. The van der Waals surface area contributed by atoms with E-state index < -0.39 is 7.92 Å². The van der Waals surface area contributed by atoms with Gasteiger partial charge < -0.3 is 0 Å². The minimum absolute atomic E-state index is 0.651. The maximum atomic E-state index is 4.81. The molecule has 0 saturated carbocycles. The highest BCUT2D eigenvalue weighted by molar-refractivity contribution is 7.80. The molecule has 0 unspecified atom stereocenters. The van der Waals surface area contributed by atoms with E-state index in [-0.39, 0.29) is 0 Å². The van der Waals surface area contributed by atoms with E-state index in [2.05, 4.69) is 117 Å². The first kappa shape index (κ1) is 19.3. The first-order valence-corrected chi connectivity index (χ1v) is 11.2. The predicted octanol–water partition coefficient (Wildman–Crippen LogP) is 5.81. The Morgan fingerprint density at radius 2 is 1.14 bits per heavy atom. The van der Waals surface area contributed by atoms with Gasteiger partial charge in [0.15, 0.2) is 0 Å². The van der Waals surface area contributed by atoms with Gasteiger partial charge in [0.25, 0.3) is 0 Å². The smallest absolute Gasteiger partial charge is 0.0635 e. The standard InChI is InChI=1S/C27H24NP/c1-21-17-22(2)19-24(18-21)28-20-23-11-9-10-16-27(23)29(25-12-5-3-6-13-25)26-14-7-4-8-15-26/h3-20H,1-2H3. The van der Waals surface area contributed by atoms with E-state index in [1.54, 1.807) is 0 Å². The van der Waals surface area contributed by atoms with Crippen molar-refractivity contribution in [2.24, 2.45) is 4.99 Å². The Morgan fingerprint density at radius 1 is 0.621 bits per heavy atom. The number of hydrogen-bond acceptors (Lipinski definition) is 1. The molecule has 4 aromatic rings. The molecule has 0 spiro atoms. The summed E-state index contributed by atoms with van der Waals surface area (Å²) in [4.78, 5) is 4.81. The molecule has 4 aromatic carbocycles. The third-order valence-electron chi connectivity index (χ3n) is 4.77. The molecule has 0 radical (unpaired) electrons. The Balaban J connectivity index is 1.80. The fourth-order valence-corrected chi connectivity index (χ4v) is 5.97. The molecule has 0 bridgehead atoms. The zero-order valence-electron chi connectivity index (χ0n) is 16.8. The summed E-state index contributed by atoms with van der Waals surface area (Å²) in [6.07, 6.45) is 2.02. The van der Waals surface area contributed by atoms with Gasteiger partial charge in [-0.3, -0.25) is 4.99 Å². The van der Waals surface area contributed by atoms with Crippen molar-refractivity contribution in [2.75, 3.05) is 0 Å². The van der Waals surface area contributed by atoms with Crippen molar-refractivity contribution in [1.29, 1.82) is 0 Å². The van der Waals surface area contributed by atoms with Gasteiger partial charge in [0.05, 0.1) is 5.69 Å². The lowest BCUT2D eigenvalue weighted by molar-refractivity contribution is 1.36.